The third kappa shape index (κ3) is 7.96. The van der Waals surface area contributed by atoms with E-state index in [0.29, 0.717) is 30.5 Å². The normalized spacial score (nSPS) is 12.7. The predicted octanol–water partition coefficient (Wildman–Crippen LogP) is 3.97. The first-order chi connectivity index (χ1) is 15.1. The molecule has 5 N–H and O–H groups in total. The average Bonchev–Trinajstić information content (AvgIpc) is 2.75. The quantitative estimate of drug-likeness (QED) is 0.400. The van der Waals surface area contributed by atoms with Crippen LogP contribution in [0.3, 0.4) is 0 Å². The molecule has 0 bridgehead atoms. The molecule has 0 radical (unpaired) electrons. The maximum absolute atomic E-state index is 11.7. The second kappa shape index (κ2) is 12.8. The molecule has 0 aliphatic heterocycles. The van der Waals surface area contributed by atoms with Crippen molar-refractivity contribution in [2.24, 2.45) is 21.9 Å². The highest BCUT2D eigenvalue weighted by molar-refractivity contribution is 6.28. The van der Waals surface area contributed by atoms with E-state index in [2.05, 4.69) is 30.7 Å². The lowest BCUT2D eigenvalue weighted by Gasteiger charge is -2.20. The lowest BCUT2D eigenvalue weighted by atomic mass is 9.88. The van der Waals surface area contributed by atoms with Crippen LogP contribution < -0.4 is 16.2 Å². The fourth-order valence-corrected chi connectivity index (χ4v) is 3.10. The number of ether oxygens (including phenoxy) is 1. The first kappa shape index (κ1) is 27.1. The fourth-order valence-electron chi connectivity index (χ4n) is 3.10. The van der Waals surface area contributed by atoms with Crippen LogP contribution in [0, 0.1) is 5.41 Å². The minimum Gasteiger partial charge on any atom is -0.478 e. The summed E-state index contributed by atoms with van der Waals surface area (Å²) in [5.41, 5.74) is 13.9. The number of pyridine rings is 1. The topological polar surface area (TPSA) is 124 Å². The van der Waals surface area contributed by atoms with Crippen molar-refractivity contribution >= 4 is 22.5 Å². The predicted molar refractivity (Wildman–Crippen MR) is 132 cm³/mol. The van der Waals surface area contributed by atoms with Gasteiger partial charge in [0.15, 0.2) is 0 Å². The van der Waals surface area contributed by atoms with Crippen molar-refractivity contribution in [3.05, 3.63) is 47.2 Å². The first-order valence-electron chi connectivity index (χ1n) is 11.0. The van der Waals surface area contributed by atoms with Gasteiger partial charge in [-0.1, -0.05) is 39.7 Å². The molecule has 7 heteroatoms. The van der Waals surface area contributed by atoms with Gasteiger partial charge in [0, 0.05) is 36.4 Å². The maximum atomic E-state index is 11.7. The molecule has 2 rings (SSSR count). The molecule has 1 heterocycles. The minimum absolute atomic E-state index is 0.149. The van der Waals surface area contributed by atoms with Gasteiger partial charge < -0.3 is 21.3 Å². The number of aromatic nitrogens is 1. The summed E-state index contributed by atoms with van der Waals surface area (Å²) in [6.45, 7) is 10.8. The molecule has 1 aromatic carbocycles. The summed E-state index contributed by atoms with van der Waals surface area (Å²) in [6, 6.07) is 9.29. The molecule has 32 heavy (non-hydrogen) atoms. The van der Waals surface area contributed by atoms with E-state index in [1.54, 1.807) is 20.0 Å². The molecule has 2 aromatic rings. The summed E-state index contributed by atoms with van der Waals surface area (Å²) in [5, 5.41) is 9.73. The number of allylic oxidation sites excluding steroid dienone is 1. The molecule has 0 fully saturated rings. The monoisotopic (exact) mass is 442 g/mol. The lowest BCUT2D eigenvalue weighted by Crippen LogP contribution is -2.25. The largest absolute Gasteiger partial charge is 0.478 e. The van der Waals surface area contributed by atoms with Crippen molar-refractivity contribution in [3.8, 4) is 5.88 Å². The zero-order chi connectivity index (χ0) is 24.3. The number of aliphatic imine (C=N–C) groups is 1. The summed E-state index contributed by atoms with van der Waals surface area (Å²) in [5.74, 6) is -0.0248. The van der Waals surface area contributed by atoms with Gasteiger partial charge in [-0.3, -0.25) is 9.79 Å². The molecule has 0 saturated carbocycles. The molecule has 0 aliphatic carbocycles. The van der Waals surface area contributed by atoms with Crippen LogP contribution >= 0.6 is 0 Å². The van der Waals surface area contributed by atoms with Crippen molar-refractivity contribution in [3.63, 3.8) is 0 Å². The van der Waals surface area contributed by atoms with Crippen molar-refractivity contribution < 1.29 is 14.6 Å². The first-order valence-corrected chi connectivity index (χ1v) is 11.0. The standard InChI is InChI=1S/C17H20N4O2.C8H18O/c1-4-23-14-8-6-11-9-12(5-7-13(11)21-14)16(20-3)15(10(2)18)17(19)22;1-4-5-6-8(2,3)7-9/h5-9H,4,18H2,1-3H3,(H2,19,22);9H,4-7H2,1-3H3/b15-10-,20-16?;. The highest BCUT2D eigenvalue weighted by Crippen LogP contribution is 2.22. The molecule has 0 aliphatic rings. The van der Waals surface area contributed by atoms with Gasteiger partial charge in [-0.2, -0.15) is 0 Å². The van der Waals surface area contributed by atoms with Crippen LogP contribution in [-0.4, -0.2) is 42.0 Å². The number of carbonyl (C=O) groups is 1. The van der Waals surface area contributed by atoms with E-state index >= 15 is 0 Å². The molecule has 1 amide bonds. The fraction of sp³-hybridized carbons (Fsp3) is 0.480. The summed E-state index contributed by atoms with van der Waals surface area (Å²) >= 11 is 0. The maximum Gasteiger partial charge on any atom is 0.252 e. The number of nitrogens with two attached hydrogens (primary N) is 2. The number of unbranched alkanes of at least 4 members (excludes halogenated alkanes) is 1. The minimum atomic E-state index is -0.601. The van der Waals surface area contributed by atoms with Gasteiger partial charge >= 0.3 is 0 Å². The third-order valence-electron chi connectivity index (χ3n) is 4.97. The van der Waals surface area contributed by atoms with E-state index < -0.39 is 5.91 Å². The highest BCUT2D eigenvalue weighted by Gasteiger charge is 2.17. The van der Waals surface area contributed by atoms with Gasteiger partial charge in [0.25, 0.3) is 5.91 Å². The third-order valence-corrected chi connectivity index (χ3v) is 4.97. The second-order valence-electron chi connectivity index (χ2n) is 8.41. The Kier molecular flexibility index (Phi) is 10.9. The smallest absolute Gasteiger partial charge is 0.252 e. The summed E-state index contributed by atoms with van der Waals surface area (Å²) in [7, 11) is 1.60. The Balaban J connectivity index is 0.000000482. The van der Waals surface area contributed by atoms with Crippen molar-refractivity contribution in [2.75, 3.05) is 20.3 Å². The van der Waals surface area contributed by atoms with Crippen LogP contribution in [0.1, 0.15) is 59.4 Å². The van der Waals surface area contributed by atoms with Crippen molar-refractivity contribution in [1.29, 1.82) is 0 Å². The van der Waals surface area contributed by atoms with E-state index in [0.717, 1.165) is 22.9 Å². The van der Waals surface area contributed by atoms with Gasteiger partial charge in [0.2, 0.25) is 5.88 Å². The highest BCUT2D eigenvalue weighted by atomic mass is 16.5. The molecule has 0 unspecified atom stereocenters. The van der Waals surface area contributed by atoms with E-state index in [1.165, 1.54) is 12.8 Å². The molecule has 7 nitrogen and oxygen atoms in total. The lowest BCUT2D eigenvalue weighted by molar-refractivity contribution is -0.114. The van der Waals surface area contributed by atoms with Gasteiger partial charge in [-0.15, -0.1) is 0 Å². The summed E-state index contributed by atoms with van der Waals surface area (Å²) in [4.78, 5) is 20.3. The van der Waals surface area contributed by atoms with E-state index in [1.807, 2.05) is 31.2 Å². The van der Waals surface area contributed by atoms with E-state index in [4.69, 9.17) is 21.3 Å². The van der Waals surface area contributed by atoms with Crippen LogP contribution in [0.5, 0.6) is 5.88 Å². The Labute approximate surface area is 191 Å². The molecular weight excluding hydrogens is 404 g/mol. The Morgan fingerprint density at radius 1 is 1.19 bits per heavy atom. The number of carbonyl (C=O) groups excluding carboxylic acids is 1. The average molecular weight is 443 g/mol. The van der Waals surface area contributed by atoms with Crippen molar-refractivity contribution in [2.45, 2.75) is 53.9 Å². The van der Waals surface area contributed by atoms with Crippen LogP contribution in [0.2, 0.25) is 0 Å². The number of aliphatic hydroxyl groups is 1. The van der Waals surface area contributed by atoms with Crippen LogP contribution in [0.25, 0.3) is 10.9 Å². The summed E-state index contributed by atoms with van der Waals surface area (Å²) < 4.78 is 5.39. The van der Waals surface area contributed by atoms with Gasteiger partial charge in [0.1, 0.15) is 0 Å². The van der Waals surface area contributed by atoms with Crippen LogP contribution in [0.4, 0.5) is 0 Å². The molecule has 0 saturated heterocycles. The zero-order valence-electron chi connectivity index (χ0n) is 20.2. The van der Waals surface area contributed by atoms with Crippen LogP contribution in [-0.2, 0) is 4.79 Å². The molecule has 0 spiro atoms. The second-order valence-corrected chi connectivity index (χ2v) is 8.41. The molecule has 0 atom stereocenters. The van der Waals surface area contributed by atoms with Crippen molar-refractivity contribution in [1.82, 2.24) is 4.98 Å². The Morgan fingerprint density at radius 3 is 2.38 bits per heavy atom. The zero-order valence-corrected chi connectivity index (χ0v) is 20.2. The number of aliphatic hydroxyl groups excluding tert-OH is 1. The number of rotatable bonds is 9. The van der Waals surface area contributed by atoms with Gasteiger partial charge in [0.05, 0.1) is 23.4 Å². The number of nitrogens with zero attached hydrogens (tertiary/aromatic N) is 2. The Hall–Kier alpha value is -2.93. The van der Waals surface area contributed by atoms with Crippen LogP contribution in [0.15, 0.2) is 46.6 Å². The number of hydrogen-bond donors (Lipinski definition) is 3. The summed E-state index contributed by atoms with van der Waals surface area (Å²) in [6.07, 6.45) is 3.59. The number of benzene rings is 1. The number of amides is 1. The molecule has 1 aromatic heterocycles. The van der Waals surface area contributed by atoms with E-state index in [9.17, 15) is 4.79 Å². The number of primary amides is 1. The molecule has 176 valence electrons. The van der Waals surface area contributed by atoms with Gasteiger partial charge in [-0.05, 0) is 43.9 Å². The molecular formula is C25H38N4O3. The number of hydrogen-bond acceptors (Lipinski definition) is 6. The van der Waals surface area contributed by atoms with E-state index in [-0.39, 0.29) is 11.0 Å². The Morgan fingerprint density at radius 2 is 1.88 bits per heavy atom. The number of fused-ring (bicyclic) bond motifs is 1. The van der Waals surface area contributed by atoms with Gasteiger partial charge in [-0.25, -0.2) is 4.98 Å². The Bertz CT molecular complexity index is 961. The SMILES string of the molecule is CCCCC(C)(C)CO.CCOc1ccc2cc(C(=NC)/C(C(N)=O)=C(\C)N)ccc2n1.